The summed E-state index contributed by atoms with van der Waals surface area (Å²) in [5, 5.41) is 6.87. The molecule has 202 valence electrons. The highest BCUT2D eigenvalue weighted by Crippen LogP contribution is 2.38. The van der Waals surface area contributed by atoms with Crippen molar-refractivity contribution in [2.24, 2.45) is 0 Å². The molecule has 1 amide bonds. The second-order valence-electron chi connectivity index (χ2n) is 9.53. The molecule has 10 heteroatoms. The fourth-order valence-electron chi connectivity index (χ4n) is 4.68. The van der Waals surface area contributed by atoms with Gasteiger partial charge < -0.3 is 20.3 Å². The normalized spacial score (nSPS) is 15.8. The Hall–Kier alpha value is -4.18. The van der Waals surface area contributed by atoms with Gasteiger partial charge in [-0.15, -0.1) is 0 Å². The third kappa shape index (κ3) is 6.28. The van der Waals surface area contributed by atoms with Gasteiger partial charge in [-0.25, -0.2) is 4.98 Å². The van der Waals surface area contributed by atoms with E-state index in [1.807, 2.05) is 37.4 Å². The lowest BCUT2D eigenvalue weighted by molar-refractivity contribution is -0.139. The van der Waals surface area contributed by atoms with Crippen molar-refractivity contribution in [3.8, 4) is 5.75 Å². The molecule has 2 aromatic carbocycles. The number of anilines is 2. The molecule has 0 aliphatic carbocycles. The molecule has 0 spiro atoms. The molecule has 39 heavy (non-hydrogen) atoms. The van der Waals surface area contributed by atoms with E-state index in [0.29, 0.717) is 12.4 Å². The number of benzene rings is 2. The van der Waals surface area contributed by atoms with Crippen LogP contribution in [-0.4, -0.2) is 47.0 Å². The summed E-state index contributed by atoms with van der Waals surface area (Å²) < 4.78 is 46.6. The average molecular weight is 536 g/mol. The minimum absolute atomic E-state index is 0.0484. The first-order valence-electron chi connectivity index (χ1n) is 12.7. The van der Waals surface area contributed by atoms with Gasteiger partial charge in [0.1, 0.15) is 18.2 Å². The lowest BCUT2D eigenvalue weighted by Crippen LogP contribution is -2.31. The molecule has 3 heterocycles. The highest BCUT2D eigenvalue weighted by Gasteiger charge is 2.35. The second kappa shape index (κ2) is 11.3. The van der Waals surface area contributed by atoms with Crippen LogP contribution in [0, 0.1) is 0 Å². The first-order valence-corrected chi connectivity index (χ1v) is 12.7. The van der Waals surface area contributed by atoms with Crippen LogP contribution in [0.1, 0.15) is 34.3 Å². The summed E-state index contributed by atoms with van der Waals surface area (Å²) in [7, 11) is 1.93. The van der Waals surface area contributed by atoms with E-state index in [-0.39, 0.29) is 29.6 Å². The van der Waals surface area contributed by atoms with Gasteiger partial charge in [0.05, 0.1) is 16.6 Å². The fourth-order valence-corrected chi connectivity index (χ4v) is 4.68. The number of ether oxygens (including phenoxy) is 1. The van der Waals surface area contributed by atoms with Crippen LogP contribution in [0.25, 0.3) is 10.9 Å². The maximum absolute atomic E-state index is 13.7. The summed E-state index contributed by atoms with van der Waals surface area (Å²) in [6, 6.07) is 16.4. The SMILES string of the molecule is CN1CCC[C@@H]1COc1cc(NC(=O)c2cccnc2NCc2ccc3ncccc3c2)ccc1C(F)(F)F. The molecule has 7 nitrogen and oxygen atoms in total. The minimum atomic E-state index is -4.58. The van der Waals surface area contributed by atoms with Gasteiger partial charge in [-0.3, -0.25) is 9.78 Å². The first kappa shape index (κ1) is 26.4. The largest absolute Gasteiger partial charge is 0.491 e. The van der Waals surface area contributed by atoms with E-state index < -0.39 is 17.6 Å². The molecule has 0 radical (unpaired) electrons. The van der Waals surface area contributed by atoms with Crippen molar-refractivity contribution in [1.29, 1.82) is 0 Å². The maximum Gasteiger partial charge on any atom is 0.419 e. The summed E-state index contributed by atoms with van der Waals surface area (Å²) in [4.78, 5) is 23.8. The Morgan fingerprint density at radius 2 is 1.90 bits per heavy atom. The molecular formula is C29H28F3N5O2. The van der Waals surface area contributed by atoms with Crippen molar-refractivity contribution in [2.45, 2.75) is 31.6 Å². The van der Waals surface area contributed by atoms with E-state index in [9.17, 15) is 18.0 Å². The van der Waals surface area contributed by atoms with Crippen LogP contribution in [-0.2, 0) is 12.7 Å². The predicted molar refractivity (Wildman–Crippen MR) is 144 cm³/mol. The summed E-state index contributed by atoms with van der Waals surface area (Å²) in [6.45, 7) is 1.43. The lowest BCUT2D eigenvalue weighted by Gasteiger charge is -2.22. The molecule has 1 atom stereocenters. The Bertz CT molecular complexity index is 1480. The smallest absolute Gasteiger partial charge is 0.419 e. The van der Waals surface area contributed by atoms with E-state index in [4.69, 9.17) is 4.74 Å². The number of carbonyl (C=O) groups excluding carboxylic acids is 1. The van der Waals surface area contributed by atoms with Crippen LogP contribution in [0.15, 0.2) is 73.1 Å². The Balaban J connectivity index is 1.31. The molecule has 2 aromatic heterocycles. The lowest BCUT2D eigenvalue weighted by atomic mass is 10.1. The summed E-state index contributed by atoms with van der Waals surface area (Å²) in [5.41, 5.74) is 1.43. The molecule has 5 rings (SSSR count). The summed E-state index contributed by atoms with van der Waals surface area (Å²) >= 11 is 0. The van der Waals surface area contributed by atoms with Crippen LogP contribution in [0.2, 0.25) is 0 Å². The number of hydrogen-bond donors (Lipinski definition) is 2. The van der Waals surface area contributed by atoms with E-state index in [1.165, 1.54) is 12.1 Å². The van der Waals surface area contributed by atoms with Crippen LogP contribution >= 0.6 is 0 Å². The molecule has 2 N–H and O–H groups in total. The van der Waals surface area contributed by atoms with Gasteiger partial charge in [0.15, 0.2) is 0 Å². The topological polar surface area (TPSA) is 79.4 Å². The number of nitrogens with one attached hydrogen (secondary N) is 2. The third-order valence-electron chi connectivity index (χ3n) is 6.83. The fraction of sp³-hybridized carbons (Fsp3) is 0.276. The van der Waals surface area contributed by atoms with Gasteiger partial charge in [0.2, 0.25) is 0 Å². The monoisotopic (exact) mass is 535 g/mol. The van der Waals surface area contributed by atoms with Crippen molar-refractivity contribution in [1.82, 2.24) is 14.9 Å². The molecular weight excluding hydrogens is 507 g/mol. The van der Waals surface area contributed by atoms with E-state index in [1.54, 1.807) is 24.5 Å². The Kier molecular flexibility index (Phi) is 7.65. The summed E-state index contributed by atoms with van der Waals surface area (Å²) in [5.74, 6) is -0.459. The van der Waals surface area contributed by atoms with Crippen LogP contribution in [0.4, 0.5) is 24.7 Å². The molecule has 1 fully saturated rings. The number of carbonyl (C=O) groups is 1. The maximum atomic E-state index is 13.7. The Labute approximate surface area is 224 Å². The highest BCUT2D eigenvalue weighted by molar-refractivity contribution is 6.07. The van der Waals surface area contributed by atoms with Crippen LogP contribution in [0.5, 0.6) is 5.75 Å². The van der Waals surface area contributed by atoms with Gasteiger partial charge in [-0.2, -0.15) is 13.2 Å². The molecule has 0 bridgehead atoms. The third-order valence-corrected chi connectivity index (χ3v) is 6.83. The van der Waals surface area contributed by atoms with Crippen LogP contribution in [0.3, 0.4) is 0 Å². The number of nitrogens with zero attached hydrogens (tertiary/aromatic N) is 3. The Morgan fingerprint density at radius 3 is 2.69 bits per heavy atom. The number of pyridine rings is 2. The highest BCUT2D eigenvalue weighted by atomic mass is 19.4. The second-order valence-corrected chi connectivity index (χ2v) is 9.53. The zero-order valence-corrected chi connectivity index (χ0v) is 21.3. The Morgan fingerprint density at radius 1 is 1.08 bits per heavy atom. The number of hydrogen-bond acceptors (Lipinski definition) is 6. The van der Waals surface area contributed by atoms with Gasteiger partial charge in [0, 0.05) is 42.1 Å². The van der Waals surface area contributed by atoms with Crippen molar-refractivity contribution in [3.63, 3.8) is 0 Å². The quantitative estimate of drug-likeness (QED) is 0.289. The number of likely N-dealkylation sites (tertiary alicyclic amines) is 1. The average Bonchev–Trinajstić information content (AvgIpc) is 3.34. The van der Waals surface area contributed by atoms with Gasteiger partial charge >= 0.3 is 6.18 Å². The number of alkyl halides is 3. The standard InChI is InChI=1S/C29H28F3N5O2/c1-37-14-4-6-22(37)18-39-26-16-21(9-10-24(26)29(30,31)32)36-28(38)23-7-3-13-34-27(23)35-17-19-8-11-25-20(15-19)5-2-12-33-25/h2-3,5,7-13,15-16,22H,4,6,14,17-18H2,1H3,(H,34,35)(H,36,38)/t22-/m1/s1. The molecule has 1 aliphatic rings. The minimum Gasteiger partial charge on any atom is -0.491 e. The van der Waals surface area contributed by atoms with E-state index in [2.05, 4.69) is 25.5 Å². The molecule has 1 aliphatic heterocycles. The number of halogens is 3. The van der Waals surface area contributed by atoms with Crippen molar-refractivity contribution >= 4 is 28.3 Å². The van der Waals surface area contributed by atoms with Crippen molar-refractivity contribution < 1.29 is 22.7 Å². The zero-order chi connectivity index (χ0) is 27.4. The number of fused-ring (bicyclic) bond motifs is 1. The number of aromatic nitrogens is 2. The first-order chi connectivity index (χ1) is 18.8. The van der Waals surface area contributed by atoms with Gasteiger partial charge in [-0.05, 0) is 74.5 Å². The number of likely N-dealkylation sites (N-methyl/N-ethyl adjacent to an activating group) is 1. The van der Waals surface area contributed by atoms with Gasteiger partial charge in [-0.1, -0.05) is 12.1 Å². The summed E-state index contributed by atoms with van der Waals surface area (Å²) in [6.07, 6.45) is 0.554. The van der Waals surface area contributed by atoms with E-state index in [0.717, 1.165) is 41.9 Å². The van der Waals surface area contributed by atoms with Gasteiger partial charge in [0.25, 0.3) is 5.91 Å². The van der Waals surface area contributed by atoms with E-state index >= 15 is 0 Å². The molecule has 0 unspecified atom stereocenters. The molecule has 1 saturated heterocycles. The van der Waals surface area contributed by atoms with Crippen molar-refractivity contribution in [2.75, 3.05) is 30.8 Å². The predicted octanol–water partition coefficient (Wildman–Crippen LogP) is 5.99. The van der Waals surface area contributed by atoms with Crippen LogP contribution < -0.4 is 15.4 Å². The number of amides is 1. The molecule has 0 saturated carbocycles. The zero-order valence-electron chi connectivity index (χ0n) is 21.3. The molecule has 4 aromatic rings. The van der Waals surface area contributed by atoms with Crippen molar-refractivity contribution in [3.05, 3.63) is 89.7 Å². The number of rotatable bonds is 8.